The Labute approximate surface area is 228 Å². The van der Waals surface area contributed by atoms with Crippen LogP contribution in [0.15, 0.2) is 60.8 Å². The summed E-state index contributed by atoms with van der Waals surface area (Å²) in [5.74, 6) is 2.19. The van der Waals surface area contributed by atoms with Gasteiger partial charge in [-0.05, 0) is 49.7 Å². The molecule has 1 atom stereocenters. The Morgan fingerprint density at radius 2 is 1.92 bits per heavy atom. The van der Waals surface area contributed by atoms with Gasteiger partial charge < -0.3 is 19.4 Å². The minimum Gasteiger partial charge on any atom is -0.494 e. The summed E-state index contributed by atoms with van der Waals surface area (Å²) in [5, 5.41) is 3.04. The number of halogens is 1. The first kappa shape index (κ1) is 26.8. The molecule has 8 nitrogen and oxygen atoms in total. The lowest BCUT2D eigenvalue weighted by Crippen LogP contribution is -2.32. The Bertz CT molecular complexity index is 1390. The minimum atomic E-state index is -0.273. The van der Waals surface area contributed by atoms with Gasteiger partial charge >= 0.3 is 0 Å². The molecule has 3 heterocycles. The van der Waals surface area contributed by atoms with E-state index in [1.54, 1.807) is 32.5 Å². The molecular formula is C30H35FN6O2. The second kappa shape index (κ2) is 12.4. The van der Waals surface area contributed by atoms with Crippen LogP contribution < -0.4 is 10.1 Å². The molecule has 1 N–H and O–H groups in total. The highest BCUT2D eigenvalue weighted by Crippen LogP contribution is 2.39. The molecule has 39 heavy (non-hydrogen) atoms. The van der Waals surface area contributed by atoms with E-state index in [-0.39, 0.29) is 11.9 Å². The fourth-order valence-corrected chi connectivity index (χ4v) is 5.24. The predicted octanol–water partition coefficient (Wildman–Crippen LogP) is 5.22. The molecule has 5 rings (SSSR count). The Kier molecular flexibility index (Phi) is 8.48. The lowest BCUT2D eigenvalue weighted by Gasteiger charge is -2.28. The zero-order valence-electron chi connectivity index (χ0n) is 22.7. The lowest BCUT2D eigenvalue weighted by molar-refractivity contribution is 0.133. The van der Waals surface area contributed by atoms with Crippen LogP contribution in [0.25, 0.3) is 22.6 Å². The molecule has 0 amide bonds. The van der Waals surface area contributed by atoms with Crippen molar-refractivity contribution in [3.05, 3.63) is 78.0 Å². The van der Waals surface area contributed by atoms with Crippen LogP contribution in [-0.4, -0.2) is 64.9 Å². The Morgan fingerprint density at radius 1 is 1.10 bits per heavy atom. The van der Waals surface area contributed by atoms with Crippen molar-refractivity contribution in [3.63, 3.8) is 0 Å². The number of anilines is 1. The van der Waals surface area contributed by atoms with Gasteiger partial charge in [0.05, 0.1) is 30.3 Å². The molecule has 2 aromatic carbocycles. The number of hydrogen-bond acceptors (Lipinski definition) is 7. The Balaban J connectivity index is 1.53. The number of methoxy groups -OCH3 is 1. The van der Waals surface area contributed by atoms with E-state index < -0.39 is 0 Å². The van der Waals surface area contributed by atoms with Crippen LogP contribution in [0, 0.1) is 5.82 Å². The number of fused-ring (bicyclic) bond motifs is 1. The third-order valence-corrected chi connectivity index (χ3v) is 7.04. The van der Waals surface area contributed by atoms with Crippen LogP contribution in [0.5, 0.6) is 5.75 Å². The second-order valence-electron chi connectivity index (χ2n) is 9.58. The quantitative estimate of drug-likeness (QED) is 0.269. The van der Waals surface area contributed by atoms with Gasteiger partial charge in [0.15, 0.2) is 0 Å². The van der Waals surface area contributed by atoms with Crippen molar-refractivity contribution >= 4 is 5.95 Å². The fourth-order valence-electron chi connectivity index (χ4n) is 5.24. The van der Waals surface area contributed by atoms with Crippen LogP contribution in [0.2, 0.25) is 0 Å². The van der Waals surface area contributed by atoms with E-state index in [9.17, 15) is 4.39 Å². The van der Waals surface area contributed by atoms with Crippen LogP contribution >= 0.6 is 0 Å². The number of aryl methyl sites for hydroxylation is 1. The predicted molar refractivity (Wildman–Crippen MR) is 150 cm³/mol. The van der Waals surface area contributed by atoms with E-state index in [0.717, 1.165) is 72.3 Å². The first-order valence-corrected chi connectivity index (χ1v) is 13.4. The van der Waals surface area contributed by atoms with E-state index in [0.29, 0.717) is 19.2 Å². The van der Waals surface area contributed by atoms with E-state index >= 15 is 0 Å². The molecule has 4 aromatic rings. The molecule has 0 radical (unpaired) electrons. The van der Waals surface area contributed by atoms with Gasteiger partial charge in [-0.3, -0.25) is 4.90 Å². The number of nitrogens with one attached hydrogen (secondary N) is 1. The highest BCUT2D eigenvalue weighted by atomic mass is 19.1. The van der Waals surface area contributed by atoms with Crippen molar-refractivity contribution in [2.45, 2.75) is 32.4 Å². The summed E-state index contributed by atoms with van der Waals surface area (Å²) >= 11 is 0. The summed E-state index contributed by atoms with van der Waals surface area (Å²) in [4.78, 5) is 16.6. The van der Waals surface area contributed by atoms with Gasteiger partial charge in [0.25, 0.3) is 0 Å². The fraction of sp³-hybridized carbons (Fsp3) is 0.367. The first-order chi connectivity index (χ1) is 19.1. The van der Waals surface area contributed by atoms with E-state index in [1.807, 2.05) is 25.1 Å². The molecule has 0 fully saturated rings. The molecule has 1 unspecified atom stereocenters. The van der Waals surface area contributed by atoms with Crippen molar-refractivity contribution in [1.82, 2.24) is 24.4 Å². The van der Waals surface area contributed by atoms with E-state index in [2.05, 4.69) is 31.9 Å². The Morgan fingerprint density at radius 3 is 2.69 bits per heavy atom. The van der Waals surface area contributed by atoms with E-state index in [1.165, 1.54) is 12.1 Å². The number of nitrogens with zero attached hydrogens (tertiary/aromatic N) is 5. The zero-order valence-corrected chi connectivity index (χ0v) is 22.7. The van der Waals surface area contributed by atoms with Gasteiger partial charge in [-0.15, -0.1) is 0 Å². The molecule has 1 aliphatic heterocycles. The van der Waals surface area contributed by atoms with Crippen LogP contribution in [0.4, 0.5) is 10.3 Å². The number of benzene rings is 2. The number of ether oxygens (including phenoxy) is 2. The van der Waals surface area contributed by atoms with Gasteiger partial charge in [0, 0.05) is 63.6 Å². The lowest BCUT2D eigenvalue weighted by atomic mass is 10.1. The van der Waals surface area contributed by atoms with E-state index in [4.69, 9.17) is 19.4 Å². The maximum Gasteiger partial charge on any atom is 0.222 e. The van der Waals surface area contributed by atoms with Crippen LogP contribution in [0.3, 0.4) is 0 Å². The third kappa shape index (κ3) is 5.94. The van der Waals surface area contributed by atoms with Gasteiger partial charge in [0.1, 0.15) is 17.4 Å². The molecule has 2 aromatic heterocycles. The number of rotatable bonds is 12. The maximum absolute atomic E-state index is 13.8. The molecule has 0 bridgehead atoms. The number of aromatic nitrogens is 4. The second-order valence-corrected chi connectivity index (χ2v) is 9.58. The zero-order chi connectivity index (χ0) is 27.2. The van der Waals surface area contributed by atoms with Crippen molar-refractivity contribution in [1.29, 1.82) is 0 Å². The SMILES string of the molecule is CCOc1ccccc1CN(CCOC)CC1CCc2nc(-c3ccc(F)cc3)c(-c3ccnc(NC)n3)n21. The number of imidazole rings is 1. The minimum absolute atomic E-state index is 0.181. The molecule has 9 heteroatoms. The van der Waals surface area contributed by atoms with Gasteiger partial charge in [-0.1, -0.05) is 18.2 Å². The molecular weight excluding hydrogens is 495 g/mol. The topological polar surface area (TPSA) is 77.3 Å². The number of hydrogen-bond donors (Lipinski definition) is 1. The number of para-hydroxylation sites is 1. The molecule has 0 saturated heterocycles. The van der Waals surface area contributed by atoms with Crippen LogP contribution in [0.1, 0.15) is 30.8 Å². The molecule has 1 aliphatic rings. The third-order valence-electron chi connectivity index (χ3n) is 7.04. The summed E-state index contributed by atoms with van der Waals surface area (Å²) in [7, 11) is 3.54. The Hall–Kier alpha value is -3.82. The monoisotopic (exact) mass is 530 g/mol. The average Bonchev–Trinajstić information content (AvgIpc) is 3.53. The molecule has 204 valence electrons. The largest absolute Gasteiger partial charge is 0.494 e. The average molecular weight is 531 g/mol. The molecule has 0 saturated carbocycles. The molecule has 0 aliphatic carbocycles. The van der Waals surface area contributed by atoms with Gasteiger partial charge in [0.2, 0.25) is 5.95 Å². The summed E-state index contributed by atoms with van der Waals surface area (Å²) < 4.78 is 27.5. The smallest absolute Gasteiger partial charge is 0.222 e. The first-order valence-electron chi connectivity index (χ1n) is 13.4. The maximum atomic E-state index is 13.8. The summed E-state index contributed by atoms with van der Waals surface area (Å²) in [6.45, 7) is 5.61. The highest BCUT2D eigenvalue weighted by Gasteiger charge is 2.32. The normalized spacial score (nSPS) is 14.5. The summed E-state index contributed by atoms with van der Waals surface area (Å²) in [5.41, 5.74) is 4.53. The van der Waals surface area contributed by atoms with Crippen molar-refractivity contribution in [3.8, 4) is 28.4 Å². The highest BCUT2D eigenvalue weighted by molar-refractivity contribution is 5.78. The molecule has 0 spiro atoms. The summed E-state index contributed by atoms with van der Waals surface area (Å²) in [6, 6.07) is 16.8. The van der Waals surface area contributed by atoms with Gasteiger partial charge in [-0.25, -0.2) is 19.3 Å². The van der Waals surface area contributed by atoms with Gasteiger partial charge in [-0.2, -0.15) is 0 Å². The van der Waals surface area contributed by atoms with Crippen LogP contribution in [-0.2, 0) is 17.7 Å². The standard InChI is InChI=1S/C30H35FN6O2/c1-4-39-26-8-6-5-7-22(26)19-36(17-18-38-3)20-24-13-14-27-35-28(21-9-11-23(31)12-10-21)29(37(24)27)25-15-16-33-30(32-2)34-25/h5-12,15-16,24H,4,13-14,17-20H2,1-3H3,(H,32,33,34). The van der Waals surface area contributed by atoms with Crippen molar-refractivity contribution < 1.29 is 13.9 Å². The summed E-state index contributed by atoms with van der Waals surface area (Å²) in [6.07, 6.45) is 3.58. The van der Waals surface area contributed by atoms with Crippen molar-refractivity contribution in [2.75, 3.05) is 45.8 Å². The van der Waals surface area contributed by atoms with Crippen molar-refractivity contribution in [2.24, 2.45) is 0 Å².